The smallest absolute Gasteiger partial charge is 0.262 e. The number of anilines is 1. The quantitative estimate of drug-likeness (QED) is 0.796. The lowest BCUT2D eigenvalue weighted by molar-refractivity contribution is -0.121. The molecule has 140 valence electrons. The minimum atomic E-state index is -0.971. The van der Waals surface area contributed by atoms with E-state index in [0.717, 1.165) is 4.90 Å². The second kappa shape index (κ2) is 7.40. The van der Waals surface area contributed by atoms with E-state index in [0.29, 0.717) is 27.6 Å². The van der Waals surface area contributed by atoms with Crippen molar-refractivity contribution in [1.82, 2.24) is 4.90 Å². The lowest BCUT2D eigenvalue weighted by Gasteiger charge is -2.28. The Kier molecular flexibility index (Phi) is 5.19. The molecule has 0 saturated heterocycles. The Morgan fingerprint density at radius 3 is 2.19 bits per heavy atom. The van der Waals surface area contributed by atoms with Gasteiger partial charge in [-0.2, -0.15) is 0 Å². The normalized spacial score (nSPS) is 14.3. The Bertz CT molecular complexity index is 891. The first kappa shape index (κ1) is 18.9. The summed E-state index contributed by atoms with van der Waals surface area (Å²) in [7, 11) is 1.48. The maximum Gasteiger partial charge on any atom is 0.262 e. The van der Waals surface area contributed by atoms with Crippen molar-refractivity contribution >= 4 is 35.0 Å². The van der Waals surface area contributed by atoms with Crippen molar-refractivity contribution in [2.75, 3.05) is 12.4 Å². The Morgan fingerprint density at radius 1 is 1.07 bits per heavy atom. The largest absolute Gasteiger partial charge is 0.495 e. The van der Waals surface area contributed by atoms with Crippen LogP contribution in [0.4, 0.5) is 5.69 Å². The van der Waals surface area contributed by atoms with E-state index in [1.54, 1.807) is 56.3 Å². The molecule has 2 aromatic rings. The molecule has 2 aromatic carbocycles. The highest BCUT2D eigenvalue weighted by atomic mass is 35.5. The first-order valence-electron chi connectivity index (χ1n) is 8.46. The van der Waals surface area contributed by atoms with Gasteiger partial charge in [0.25, 0.3) is 11.8 Å². The highest BCUT2D eigenvalue weighted by molar-refractivity contribution is 6.31. The SMILES string of the molecule is COc1ccc(Cl)cc1NC(=O)C(C(C)C)N1C(=O)c2ccccc2C1=O. The van der Waals surface area contributed by atoms with Gasteiger partial charge >= 0.3 is 0 Å². The summed E-state index contributed by atoms with van der Waals surface area (Å²) < 4.78 is 5.24. The van der Waals surface area contributed by atoms with E-state index in [4.69, 9.17) is 16.3 Å². The molecule has 0 radical (unpaired) electrons. The predicted molar refractivity (Wildman–Crippen MR) is 102 cm³/mol. The van der Waals surface area contributed by atoms with Crippen molar-refractivity contribution < 1.29 is 19.1 Å². The molecule has 27 heavy (non-hydrogen) atoms. The number of carbonyl (C=O) groups is 3. The number of rotatable bonds is 5. The number of hydrogen-bond donors (Lipinski definition) is 1. The van der Waals surface area contributed by atoms with Crippen LogP contribution in [0.25, 0.3) is 0 Å². The zero-order valence-electron chi connectivity index (χ0n) is 15.2. The molecule has 3 rings (SSSR count). The summed E-state index contributed by atoms with van der Waals surface area (Å²) in [6.45, 7) is 3.56. The molecule has 1 aliphatic heterocycles. The molecular formula is C20H19ClN2O4. The Hall–Kier alpha value is -2.86. The van der Waals surface area contributed by atoms with E-state index >= 15 is 0 Å². The fraction of sp³-hybridized carbons (Fsp3) is 0.250. The molecule has 1 aliphatic rings. The first-order chi connectivity index (χ1) is 12.8. The van der Waals surface area contributed by atoms with E-state index in [2.05, 4.69) is 5.32 Å². The highest BCUT2D eigenvalue weighted by Crippen LogP contribution is 2.31. The second-order valence-corrected chi connectivity index (χ2v) is 6.99. The molecule has 1 heterocycles. The molecule has 0 fully saturated rings. The summed E-state index contributed by atoms with van der Waals surface area (Å²) in [6.07, 6.45) is 0. The number of ether oxygens (including phenoxy) is 1. The molecule has 7 heteroatoms. The third-order valence-corrected chi connectivity index (χ3v) is 4.66. The highest BCUT2D eigenvalue weighted by Gasteiger charge is 2.44. The molecule has 3 amide bonds. The number of amides is 3. The molecule has 0 aliphatic carbocycles. The third-order valence-electron chi connectivity index (χ3n) is 4.42. The third kappa shape index (κ3) is 3.40. The van der Waals surface area contributed by atoms with Crippen LogP contribution in [0.3, 0.4) is 0 Å². The lowest BCUT2D eigenvalue weighted by atomic mass is 10.0. The maximum absolute atomic E-state index is 13.0. The molecule has 6 nitrogen and oxygen atoms in total. The van der Waals surface area contributed by atoms with Crippen LogP contribution in [0.15, 0.2) is 42.5 Å². The van der Waals surface area contributed by atoms with E-state index < -0.39 is 23.8 Å². The van der Waals surface area contributed by atoms with Crippen molar-refractivity contribution in [1.29, 1.82) is 0 Å². The van der Waals surface area contributed by atoms with Crippen LogP contribution in [0.2, 0.25) is 5.02 Å². The number of imide groups is 1. The van der Waals surface area contributed by atoms with E-state index in [1.807, 2.05) is 0 Å². The summed E-state index contributed by atoms with van der Waals surface area (Å²) in [5.74, 6) is -1.29. The minimum Gasteiger partial charge on any atom is -0.495 e. The van der Waals surface area contributed by atoms with Gasteiger partial charge in [-0.05, 0) is 36.2 Å². The van der Waals surface area contributed by atoms with Gasteiger partial charge < -0.3 is 10.1 Å². The number of nitrogens with zero attached hydrogens (tertiary/aromatic N) is 1. The number of methoxy groups -OCH3 is 1. The molecule has 0 aromatic heterocycles. The monoisotopic (exact) mass is 386 g/mol. The van der Waals surface area contributed by atoms with Crippen molar-refractivity contribution in [3.63, 3.8) is 0 Å². The van der Waals surface area contributed by atoms with Crippen molar-refractivity contribution in [2.45, 2.75) is 19.9 Å². The maximum atomic E-state index is 13.0. The van der Waals surface area contributed by atoms with Gasteiger partial charge in [0.15, 0.2) is 0 Å². The number of hydrogen-bond acceptors (Lipinski definition) is 4. The van der Waals surface area contributed by atoms with Gasteiger partial charge in [0.2, 0.25) is 5.91 Å². The zero-order valence-corrected chi connectivity index (χ0v) is 15.9. The number of benzene rings is 2. The summed E-state index contributed by atoms with van der Waals surface area (Å²) in [4.78, 5) is 39.6. The van der Waals surface area contributed by atoms with Crippen LogP contribution in [-0.4, -0.2) is 35.8 Å². The van der Waals surface area contributed by atoms with Crippen molar-refractivity contribution in [3.05, 3.63) is 58.6 Å². The number of nitrogens with one attached hydrogen (secondary N) is 1. The number of carbonyl (C=O) groups excluding carboxylic acids is 3. The van der Waals surface area contributed by atoms with Gasteiger partial charge in [0, 0.05) is 5.02 Å². The molecule has 0 saturated carbocycles. The first-order valence-corrected chi connectivity index (χ1v) is 8.84. The second-order valence-electron chi connectivity index (χ2n) is 6.55. The van der Waals surface area contributed by atoms with Gasteiger partial charge in [-0.25, -0.2) is 0 Å². The van der Waals surface area contributed by atoms with Crippen molar-refractivity contribution in [2.24, 2.45) is 5.92 Å². The minimum absolute atomic E-state index is 0.294. The van der Waals surface area contributed by atoms with E-state index in [1.165, 1.54) is 7.11 Å². The van der Waals surface area contributed by atoms with Crippen molar-refractivity contribution in [3.8, 4) is 5.75 Å². The van der Waals surface area contributed by atoms with E-state index in [9.17, 15) is 14.4 Å². The van der Waals surface area contributed by atoms with Gasteiger partial charge in [-0.1, -0.05) is 37.6 Å². The average molecular weight is 387 g/mol. The van der Waals surface area contributed by atoms with Crippen LogP contribution >= 0.6 is 11.6 Å². The van der Waals surface area contributed by atoms with Gasteiger partial charge in [0.05, 0.1) is 23.9 Å². The fourth-order valence-corrected chi connectivity index (χ4v) is 3.34. The van der Waals surface area contributed by atoms with Crippen LogP contribution in [0.5, 0.6) is 5.75 Å². The van der Waals surface area contributed by atoms with Crippen LogP contribution in [-0.2, 0) is 4.79 Å². The topological polar surface area (TPSA) is 75.7 Å². The number of halogens is 1. The lowest BCUT2D eigenvalue weighted by Crippen LogP contribution is -2.50. The van der Waals surface area contributed by atoms with E-state index in [-0.39, 0.29) is 5.92 Å². The number of fused-ring (bicyclic) bond motifs is 1. The molecule has 1 N–H and O–H groups in total. The van der Waals surface area contributed by atoms with Crippen LogP contribution in [0.1, 0.15) is 34.6 Å². The summed E-state index contributed by atoms with van der Waals surface area (Å²) in [5.41, 5.74) is 0.986. The standard InChI is InChI=1S/C20H19ClN2O4/c1-11(2)17(18(24)22-15-10-12(21)8-9-16(15)27-3)23-19(25)13-6-4-5-7-14(13)20(23)26/h4-11,17H,1-3H3,(H,22,24). The zero-order chi connectivity index (χ0) is 19.7. The Balaban J connectivity index is 1.93. The van der Waals surface area contributed by atoms with Crippen LogP contribution < -0.4 is 10.1 Å². The van der Waals surface area contributed by atoms with Gasteiger partial charge in [-0.15, -0.1) is 0 Å². The van der Waals surface area contributed by atoms with Gasteiger partial charge in [-0.3, -0.25) is 19.3 Å². The fourth-order valence-electron chi connectivity index (χ4n) is 3.16. The summed E-state index contributed by atoms with van der Waals surface area (Å²) in [5, 5.41) is 3.16. The summed E-state index contributed by atoms with van der Waals surface area (Å²) in [6, 6.07) is 10.4. The van der Waals surface area contributed by atoms with Crippen LogP contribution in [0, 0.1) is 5.92 Å². The Labute approximate surface area is 162 Å². The molecule has 0 spiro atoms. The summed E-state index contributed by atoms with van der Waals surface area (Å²) >= 11 is 6.01. The molecule has 1 atom stereocenters. The molecule has 0 bridgehead atoms. The predicted octanol–water partition coefficient (Wildman–Crippen LogP) is 3.61. The molecule has 1 unspecified atom stereocenters. The Morgan fingerprint density at radius 2 is 1.67 bits per heavy atom. The average Bonchev–Trinajstić information content (AvgIpc) is 2.87. The van der Waals surface area contributed by atoms with Gasteiger partial charge in [0.1, 0.15) is 11.8 Å². The molecular weight excluding hydrogens is 368 g/mol.